The van der Waals surface area contributed by atoms with Crippen molar-refractivity contribution in [1.82, 2.24) is 4.90 Å². The van der Waals surface area contributed by atoms with Crippen molar-refractivity contribution in [2.75, 3.05) is 42.9 Å². The average molecular weight is 387 g/mol. The van der Waals surface area contributed by atoms with Gasteiger partial charge in [-0.2, -0.15) is 0 Å². The number of nitrogens with two attached hydrogens (primary N) is 1. The van der Waals surface area contributed by atoms with Crippen LogP contribution in [0.1, 0.15) is 15.9 Å². The number of carbonyl (C=O) groups excluding carboxylic acids is 2. The van der Waals surface area contributed by atoms with E-state index in [2.05, 4.69) is 22.0 Å². The van der Waals surface area contributed by atoms with Crippen LogP contribution in [-0.4, -0.2) is 49.4 Å². The average Bonchev–Trinajstić information content (AvgIpc) is 2.64. The van der Waals surface area contributed by atoms with Gasteiger partial charge < -0.3 is 16.0 Å². The van der Waals surface area contributed by atoms with E-state index in [0.717, 1.165) is 36.9 Å². The lowest BCUT2D eigenvalue weighted by Gasteiger charge is -2.36. The second-order valence-corrected chi connectivity index (χ2v) is 7.09. The lowest BCUT2D eigenvalue weighted by atomic mass is 10.1. The molecular formula is C20H23ClN4O2. The highest BCUT2D eigenvalue weighted by Gasteiger charge is 2.21. The number of anilines is 2. The van der Waals surface area contributed by atoms with Crippen LogP contribution in [0.15, 0.2) is 42.5 Å². The van der Waals surface area contributed by atoms with E-state index < -0.39 is 5.91 Å². The van der Waals surface area contributed by atoms with Gasteiger partial charge in [0, 0.05) is 36.9 Å². The van der Waals surface area contributed by atoms with Gasteiger partial charge in [-0.15, -0.1) is 0 Å². The van der Waals surface area contributed by atoms with Crippen molar-refractivity contribution in [3.8, 4) is 0 Å². The number of nitrogens with one attached hydrogen (secondary N) is 1. The Labute approximate surface area is 163 Å². The molecule has 1 heterocycles. The van der Waals surface area contributed by atoms with Gasteiger partial charge >= 0.3 is 0 Å². The van der Waals surface area contributed by atoms with Crippen LogP contribution in [0.5, 0.6) is 0 Å². The van der Waals surface area contributed by atoms with Crippen LogP contribution in [-0.2, 0) is 4.79 Å². The molecule has 6 nitrogen and oxygen atoms in total. The van der Waals surface area contributed by atoms with Gasteiger partial charge in [-0.1, -0.05) is 29.8 Å². The van der Waals surface area contributed by atoms with Crippen LogP contribution in [0.3, 0.4) is 0 Å². The highest BCUT2D eigenvalue weighted by Crippen LogP contribution is 2.25. The first-order valence-electron chi connectivity index (χ1n) is 8.86. The Balaban J connectivity index is 1.56. The van der Waals surface area contributed by atoms with Crippen molar-refractivity contribution in [3.05, 3.63) is 58.6 Å². The summed E-state index contributed by atoms with van der Waals surface area (Å²) in [4.78, 5) is 28.2. The molecule has 7 heteroatoms. The Kier molecular flexibility index (Phi) is 5.98. The van der Waals surface area contributed by atoms with Crippen LogP contribution in [0.4, 0.5) is 11.4 Å². The van der Waals surface area contributed by atoms with E-state index >= 15 is 0 Å². The molecule has 0 aliphatic carbocycles. The van der Waals surface area contributed by atoms with Crippen molar-refractivity contribution in [2.45, 2.75) is 6.92 Å². The Bertz CT molecular complexity index is 848. The van der Waals surface area contributed by atoms with Gasteiger partial charge in [-0.3, -0.25) is 14.5 Å². The maximum Gasteiger partial charge on any atom is 0.250 e. The number of piperazine rings is 1. The Hall–Kier alpha value is -2.57. The lowest BCUT2D eigenvalue weighted by Crippen LogP contribution is -2.48. The minimum atomic E-state index is -0.559. The zero-order valence-corrected chi connectivity index (χ0v) is 16.0. The quantitative estimate of drug-likeness (QED) is 0.827. The van der Waals surface area contributed by atoms with E-state index in [9.17, 15) is 9.59 Å². The van der Waals surface area contributed by atoms with Crippen molar-refractivity contribution < 1.29 is 9.59 Å². The number of nitrogens with zero attached hydrogens (tertiary/aromatic N) is 2. The fourth-order valence-corrected chi connectivity index (χ4v) is 3.44. The molecule has 2 amide bonds. The van der Waals surface area contributed by atoms with E-state index in [0.29, 0.717) is 11.3 Å². The van der Waals surface area contributed by atoms with Crippen LogP contribution >= 0.6 is 11.6 Å². The summed E-state index contributed by atoms with van der Waals surface area (Å²) < 4.78 is 0. The number of amides is 2. The summed E-state index contributed by atoms with van der Waals surface area (Å²) in [5.41, 5.74) is 8.44. The molecule has 0 saturated carbocycles. The van der Waals surface area contributed by atoms with E-state index in [1.165, 1.54) is 5.56 Å². The normalized spacial score (nSPS) is 14.8. The highest BCUT2D eigenvalue weighted by atomic mass is 35.5. The monoisotopic (exact) mass is 386 g/mol. The molecule has 0 spiro atoms. The largest absolute Gasteiger partial charge is 0.369 e. The number of primary amides is 1. The zero-order chi connectivity index (χ0) is 19.4. The third kappa shape index (κ3) is 4.78. The number of rotatable bonds is 5. The first-order valence-corrected chi connectivity index (χ1v) is 9.24. The smallest absolute Gasteiger partial charge is 0.250 e. The van der Waals surface area contributed by atoms with Crippen LogP contribution < -0.4 is 16.0 Å². The summed E-state index contributed by atoms with van der Waals surface area (Å²) in [5.74, 6) is -0.715. The van der Waals surface area contributed by atoms with E-state index in [4.69, 9.17) is 17.3 Å². The van der Waals surface area contributed by atoms with Gasteiger partial charge in [0.2, 0.25) is 5.91 Å². The second kappa shape index (κ2) is 8.41. The van der Waals surface area contributed by atoms with Crippen molar-refractivity contribution in [1.29, 1.82) is 0 Å². The third-order valence-electron chi connectivity index (χ3n) is 4.72. The molecule has 0 aromatic heterocycles. The summed E-state index contributed by atoms with van der Waals surface area (Å²) in [6.07, 6.45) is 0. The molecular weight excluding hydrogens is 364 g/mol. The number of halogens is 1. The lowest BCUT2D eigenvalue weighted by molar-refractivity contribution is -0.117. The predicted molar refractivity (Wildman–Crippen MR) is 108 cm³/mol. The van der Waals surface area contributed by atoms with Gasteiger partial charge in [0.15, 0.2) is 0 Å². The van der Waals surface area contributed by atoms with Gasteiger partial charge in [-0.05, 0) is 36.8 Å². The molecule has 0 radical (unpaired) electrons. The summed E-state index contributed by atoms with van der Waals surface area (Å²) in [7, 11) is 0. The first-order chi connectivity index (χ1) is 12.9. The first kappa shape index (κ1) is 19.2. The fraction of sp³-hybridized carbons (Fsp3) is 0.300. The van der Waals surface area contributed by atoms with E-state index in [-0.39, 0.29) is 12.5 Å². The number of para-hydroxylation sites is 1. The fourth-order valence-electron chi connectivity index (χ4n) is 3.27. The summed E-state index contributed by atoms with van der Waals surface area (Å²) in [5, 5.41) is 3.51. The van der Waals surface area contributed by atoms with Crippen molar-refractivity contribution in [3.63, 3.8) is 0 Å². The highest BCUT2D eigenvalue weighted by molar-refractivity contribution is 6.30. The molecule has 1 aliphatic rings. The topological polar surface area (TPSA) is 78.7 Å². The molecule has 27 heavy (non-hydrogen) atoms. The van der Waals surface area contributed by atoms with E-state index in [1.54, 1.807) is 24.3 Å². The Morgan fingerprint density at radius 3 is 2.52 bits per heavy atom. The molecule has 1 aliphatic heterocycles. The van der Waals surface area contributed by atoms with Crippen LogP contribution in [0.25, 0.3) is 0 Å². The molecule has 3 N–H and O–H groups in total. The summed E-state index contributed by atoms with van der Waals surface area (Å²) in [6, 6.07) is 12.7. The SMILES string of the molecule is Cc1ccc(Cl)cc1N1CCN(CC(=O)Nc2ccccc2C(N)=O)CC1. The van der Waals surface area contributed by atoms with Crippen molar-refractivity contribution >= 4 is 34.8 Å². The zero-order valence-electron chi connectivity index (χ0n) is 15.2. The molecule has 0 atom stereocenters. The second-order valence-electron chi connectivity index (χ2n) is 6.65. The molecule has 2 aromatic carbocycles. The standard InChI is InChI=1S/C20H23ClN4O2/c1-14-6-7-15(21)12-18(14)25-10-8-24(9-11-25)13-19(26)23-17-5-3-2-4-16(17)20(22)27/h2-7,12H,8-11,13H2,1H3,(H2,22,27)(H,23,26). The van der Waals surface area contributed by atoms with Gasteiger partial charge in [0.05, 0.1) is 17.8 Å². The summed E-state index contributed by atoms with van der Waals surface area (Å²) >= 11 is 6.12. The molecule has 1 fully saturated rings. The van der Waals surface area contributed by atoms with Gasteiger partial charge in [-0.25, -0.2) is 0 Å². The van der Waals surface area contributed by atoms with Gasteiger partial charge in [0.25, 0.3) is 5.91 Å². The molecule has 1 saturated heterocycles. The summed E-state index contributed by atoms with van der Waals surface area (Å²) in [6.45, 7) is 5.55. The van der Waals surface area contributed by atoms with Crippen LogP contribution in [0.2, 0.25) is 5.02 Å². The number of benzene rings is 2. The Morgan fingerprint density at radius 2 is 1.81 bits per heavy atom. The predicted octanol–water partition coefficient (Wildman–Crippen LogP) is 2.51. The molecule has 0 unspecified atom stereocenters. The third-order valence-corrected chi connectivity index (χ3v) is 4.95. The Morgan fingerprint density at radius 1 is 1.11 bits per heavy atom. The van der Waals surface area contributed by atoms with E-state index in [1.807, 2.05) is 18.2 Å². The minimum absolute atomic E-state index is 0.156. The number of aryl methyl sites for hydroxylation is 1. The minimum Gasteiger partial charge on any atom is -0.369 e. The maximum atomic E-state index is 12.4. The number of hydrogen-bond acceptors (Lipinski definition) is 4. The maximum absolute atomic E-state index is 12.4. The molecule has 3 rings (SSSR count). The number of carbonyl (C=O) groups is 2. The molecule has 0 bridgehead atoms. The van der Waals surface area contributed by atoms with Crippen LogP contribution in [0, 0.1) is 6.92 Å². The van der Waals surface area contributed by atoms with Gasteiger partial charge in [0.1, 0.15) is 0 Å². The van der Waals surface area contributed by atoms with Crippen molar-refractivity contribution in [2.24, 2.45) is 5.73 Å². The molecule has 142 valence electrons. The molecule has 2 aromatic rings. The number of hydrogen-bond donors (Lipinski definition) is 2.